The fourth-order valence-corrected chi connectivity index (χ4v) is 2.01. The van der Waals surface area contributed by atoms with Gasteiger partial charge in [0.05, 0.1) is 18.4 Å². The molecule has 0 aliphatic carbocycles. The van der Waals surface area contributed by atoms with Crippen LogP contribution in [0, 0.1) is 0 Å². The monoisotopic (exact) mass is 245 g/mol. The number of likely N-dealkylation sites (N-methyl/N-ethyl adjacent to an activating group) is 1. The highest BCUT2D eigenvalue weighted by atomic mass is 16.5. The Kier molecular flexibility index (Phi) is 2.71. The lowest BCUT2D eigenvalue weighted by molar-refractivity contribution is 0.180. The Bertz CT molecular complexity index is 539. The largest absolute Gasteiger partial charge is 0.421 e. The van der Waals surface area contributed by atoms with Gasteiger partial charge in [-0.3, -0.25) is 9.58 Å². The minimum atomic E-state index is 0.356. The van der Waals surface area contributed by atoms with Crippen molar-refractivity contribution in [2.24, 2.45) is 0 Å². The summed E-state index contributed by atoms with van der Waals surface area (Å²) in [5.41, 5.74) is 1.07. The third-order valence-electron chi connectivity index (χ3n) is 3.24. The summed E-state index contributed by atoms with van der Waals surface area (Å²) in [5.74, 6) is 0.736. The number of fused-ring (bicyclic) bond motifs is 1. The van der Waals surface area contributed by atoms with Gasteiger partial charge in [-0.25, -0.2) is 9.97 Å². The SMILES string of the molecule is C[C@H]1Cn2ncc(Oc3ncccn3)c2CN1C. The second-order valence-corrected chi connectivity index (χ2v) is 4.54. The minimum absolute atomic E-state index is 0.356. The summed E-state index contributed by atoms with van der Waals surface area (Å²) >= 11 is 0. The van der Waals surface area contributed by atoms with E-state index < -0.39 is 0 Å². The van der Waals surface area contributed by atoms with Crippen molar-refractivity contribution >= 4 is 0 Å². The summed E-state index contributed by atoms with van der Waals surface area (Å²) in [4.78, 5) is 10.4. The molecule has 0 aromatic carbocycles. The lowest BCUT2D eigenvalue weighted by atomic mass is 10.2. The van der Waals surface area contributed by atoms with Gasteiger partial charge in [0.2, 0.25) is 0 Å². The lowest BCUT2D eigenvalue weighted by Gasteiger charge is -2.30. The quantitative estimate of drug-likeness (QED) is 0.798. The Morgan fingerprint density at radius 1 is 1.33 bits per heavy atom. The molecule has 0 fully saturated rings. The van der Waals surface area contributed by atoms with Crippen LogP contribution in [0.25, 0.3) is 0 Å². The highest BCUT2D eigenvalue weighted by molar-refractivity contribution is 5.28. The van der Waals surface area contributed by atoms with E-state index >= 15 is 0 Å². The Hall–Kier alpha value is -1.95. The molecule has 0 spiro atoms. The van der Waals surface area contributed by atoms with E-state index in [9.17, 15) is 0 Å². The number of hydrogen-bond donors (Lipinski definition) is 0. The fraction of sp³-hybridized carbons (Fsp3) is 0.417. The molecule has 3 heterocycles. The maximum absolute atomic E-state index is 5.67. The van der Waals surface area contributed by atoms with Crippen LogP contribution in [0.2, 0.25) is 0 Å². The van der Waals surface area contributed by atoms with Gasteiger partial charge in [0.1, 0.15) is 0 Å². The van der Waals surface area contributed by atoms with Crippen molar-refractivity contribution in [1.82, 2.24) is 24.6 Å². The van der Waals surface area contributed by atoms with Crippen LogP contribution in [0.15, 0.2) is 24.7 Å². The van der Waals surface area contributed by atoms with Crippen LogP contribution in [0.3, 0.4) is 0 Å². The molecule has 0 radical (unpaired) electrons. The average Bonchev–Trinajstić information content (AvgIpc) is 2.74. The van der Waals surface area contributed by atoms with Crippen molar-refractivity contribution in [3.8, 4) is 11.8 Å². The van der Waals surface area contributed by atoms with Crippen LogP contribution in [-0.4, -0.2) is 37.7 Å². The molecular formula is C12H15N5O. The molecule has 0 bridgehead atoms. The van der Waals surface area contributed by atoms with E-state index in [-0.39, 0.29) is 0 Å². The third-order valence-corrected chi connectivity index (χ3v) is 3.24. The molecular weight excluding hydrogens is 230 g/mol. The number of rotatable bonds is 2. The van der Waals surface area contributed by atoms with E-state index in [1.165, 1.54) is 0 Å². The van der Waals surface area contributed by atoms with Gasteiger partial charge < -0.3 is 4.74 Å². The van der Waals surface area contributed by atoms with Crippen LogP contribution < -0.4 is 4.74 Å². The van der Waals surface area contributed by atoms with Crippen LogP contribution >= 0.6 is 0 Å². The molecule has 2 aromatic rings. The van der Waals surface area contributed by atoms with E-state index in [1.54, 1.807) is 24.7 Å². The van der Waals surface area contributed by atoms with Gasteiger partial charge in [0, 0.05) is 25.0 Å². The van der Waals surface area contributed by atoms with Crippen LogP contribution in [0.1, 0.15) is 12.6 Å². The summed E-state index contributed by atoms with van der Waals surface area (Å²) in [6, 6.07) is 2.60. The molecule has 2 aromatic heterocycles. The standard InChI is InChI=1S/C12H15N5O/c1-9-7-17-10(8-16(9)2)11(6-15-17)18-12-13-4-3-5-14-12/h3-6,9H,7-8H2,1-2H3/t9-/m0/s1. The van der Waals surface area contributed by atoms with E-state index in [1.807, 2.05) is 4.68 Å². The Morgan fingerprint density at radius 3 is 2.89 bits per heavy atom. The van der Waals surface area contributed by atoms with Crippen molar-refractivity contribution in [3.63, 3.8) is 0 Å². The van der Waals surface area contributed by atoms with Gasteiger partial charge in [0.25, 0.3) is 0 Å². The fourth-order valence-electron chi connectivity index (χ4n) is 2.01. The van der Waals surface area contributed by atoms with Crippen molar-refractivity contribution in [3.05, 3.63) is 30.4 Å². The zero-order chi connectivity index (χ0) is 12.5. The van der Waals surface area contributed by atoms with E-state index in [2.05, 4.69) is 33.9 Å². The number of ether oxygens (including phenoxy) is 1. The van der Waals surface area contributed by atoms with Gasteiger partial charge in [-0.15, -0.1) is 0 Å². The Morgan fingerprint density at radius 2 is 2.11 bits per heavy atom. The summed E-state index contributed by atoms with van der Waals surface area (Å²) in [6.45, 7) is 3.89. The number of hydrogen-bond acceptors (Lipinski definition) is 5. The van der Waals surface area contributed by atoms with Crippen molar-refractivity contribution in [1.29, 1.82) is 0 Å². The highest BCUT2D eigenvalue weighted by Gasteiger charge is 2.24. The molecule has 0 saturated carbocycles. The zero-order valence-corrected chi connectivity index (χ0v) is 10.4. The van der Waals surface area contributed by atoms with Gasteiger partial charge in [-0.2, -0.15) is 5.10 Å². The summed E-state index contributed by atoms with van der Waals surface area (Å²) in [6.07, 6.45) is 5.05. The van der Waals surface area contributed by atoms with E-state index in [0.29, 0.717) is 12.1 Å². The van der Waals surface area contributed by atoms with Gasteiger partial charge in [-0.1, -0.05) is 0 Å². The normalized spacial score (nSPS) is 19.6. The summed E-state index contributed by atoms with van der Waals surface area (Å²) in [5, 5.41) is 4.35. The first-order valence-electron chi connectivity index (χ1n) is 5.94. The van der Waals surface area contributed by atoms with Gasteiger partial charge in [0.15, 0.2) is 5.75 Å². The average molecular weight is 245 g/mol. The van der Waals surface area contributed by atoms with Crippen molar-refractivity contribution in [2.75, 3.05) is 7.05 Å². The molecule has 1 atom stereocenters. The summed E-state index contributed by atoms with van der Waals surface area (Å²) < 4.78 is 7.66. The van der Waals surface area contributed by atoms with E-state index in [4.69, 9.17) is 4.74 Å². The maximum Gasteiger partial charge on any atom is 0.321 e. The molecule has 0 amide bonds. The molecule has 6 nitrogen and oxygen atoms in total. The predicted molar refractivity (Wildman–Crippen MR) is 65.3 cm³/mol. The number of aromatic nitrogens is 4. The second kappa shape index (κ2) is 4.38. The van der Waals surface area contributed by atoms with Crippen LogP contribution in [0.5, 0.6) is 11.8 Å². The second-order valence-electron chi connectivity index (χ2n) is 4.54. The topological polar surface area (TPSA) is 56.1 Å². The Balaban J connectivity index is 1.87. The Labute approximate surface area is 105 Å². The van der Waals surface area contributed by atoms with Crippen LogP contribution in [0.4, 0.5) is 0 Å². The predicted octanol–water partition coefficient (Wildman–Crippen LogP) is 1.30. The van der Waals surface area contributed by atoms with Crippen molar-refractivity contribution < 1.29 is 4.74 Å². The van der Waals surface area contributed by atoms with E-state index in [0.717, 1.165) is 24.5 Å². The lowest BCUT2D eigenvalue weighted by Crippen LogP contribution is -2.38. The first-order chi connectivity index (χ1) is 8.74. The molecule has 3 rings (SSSR count). The first kappa shape index (κ1) is 11.2. The third kappa shape index (κ3) is 1.95. The molecule has 0 saturated heterocycles. The number of nitrogens with zero attached hydrogens (tertiary/aromatic N) is 5. The smallest absolute Gasteiger partial charge is 0.321 e. The van der Waals surface area contributed by atoms with Gasteiger partial charge >= 0.3 is 6.01 Å². The first-order valence-corrected chi connectivity index (χ1v) is 5.94. The molecule has 1 aliphatic heterocycles. The highest BCUT2D eigenvalue weighted by Crippen LogP contribution is 2.27. The minimum Gasteiger partial charge on any atom is -0.421 e. The zero-order valence-electron chi connectivity index (χ0n) is 10.4. The molecule has 6 heteroatoms. The summed E-state index contributed by atoms with van der Waals surface area (Å²) in [7, 11) is 2.10. The van der Waals surface area contributed by atoms with Gasteiger partial charge in [-0.05, 0) is 20.0 Å². The molecule has 1 aliphatic rings. The molecule has 0 N–H and O–H groups in total. The molecule has 18 heavy (non-hydrogen) atoms. The van der Waals surface area contributed by atoms with Crippen molar-refractivity contribution in [2.45, 2.75) is 26.1 Å². The maximum atomic E-state index is 5.67. The molecule has 94 valence electrons. The molecule has 0 unspecified atom stereocenters. The van der Waals surface area contributed by atoms with Crippen LogP contribution in [-0.2, 0) is 13.1 Å².